The number of amides is 1. The fourth-order valence-corrected chi connectivity index (χ4v) is 5.38. The molecule has 4 aromatic rings. The number of aromatic nitrogens is 5. The van der Waals surface area contributed by atoms with E-state index in [-0.39, 0.29) is 30.2 Å². The summed E-state index contributed by atoms with van der Waals surface area (Å²) in [7, 11) is 5.22. The van der Waals surface area contributed by atoms with E-state index in [0.717, 1.165) is 41.5 Å². The van der Waals surface area contributed by atoms with Gasteiger partial charge in [0.15, 0.2) is 11.3 Å². The highest BCUT2D eigenvalue weighted by Gasteiger charge is 2.33. The first-order chi connectivity index (χ1) is 18.1. The second kappa shape index (κ2) is 9.73. The highest BCUT2D eigenvalue weighted by atomic mass is 16.5. The Labute approximate surface area is 214 Å². The number of rotatable bonds is 7. The third kappa shape index (κ3) is 4.03. The van der Waals surface area contributed by atoms with Crippen molar-refractivity contribution in [3.8, 4) is 11.3 Å². The zero-order valence-electron chi connectivity index (χ0n) is 21.2. The largest absolute Gasteiger partial charge is 0.385 e. The van der Waals surface area contributed by atoms with Crippen molar-refractivity contribution >= 4 is 28.3 Å². The maximum absolute atomic E-state index is 13.2. The summed E-state index contributed by atoms with van der Waals surface area (Å²) in [6.07, 6.45) is 8.07. The van der Waals surface area contributed by atoms with Gasteiger partial charge in [-0.25, -0.2) is 14.5 Å². The van der Waals surface area contributed by atoms with Crippen molar-refractivity contribution in [3.63, 3.8) is 0 Å². The summed E-state index contributed by atoms with van der Waals surface area (Å²) >= 11 is 0. The molecule has 4 atom stereocenters. The Morgan fingerprint density at radius 2 is 2.00 bits per heavy atom. The Morgan fingerprint density at radius 1 is 1.14 bits per heavy atom. The fourth-order valence-electron chi connectivity index (χ4n) is 5.38. The Kier molecular flexibility index (Phi) is 6.27. The molecule has 0 spiro atoms. The number of nitrogens with zero attached hydrogens (tertiary/aromatic N) is 5. The van der Waals surface area contributed by atoms with Crippen LogP contribution in [-0.4, -0.2) is 82.8 Å². The highest BCUT2D eigenvalue weighted by Crippen LogP contribution is 2.35. The molecular weight excluding hydrogens is 474 g/mol. The Bertz CT molecular complexity index is 1450. The van der Waals surface area contributed by atoms with Gasteiger partial charge in [-0.05, 0) is 37.5 Å². The summed E-state index contributed by atoms with van der Waals surface area (Å²) in [5.74, 6) is -0.222. The lowest BCUT2D eigenvalue weighted by atomic mass is 9.89. The maximum atomic E-state index is 13.2. The van der Waals surface area contributed by atoms with Crippen molar-refractivity contribution in [2.75, 3.05) is 39.8 Å². The molecule has 4 aromatic heterocycles. The number of nitrogens with one attached hydrogen (secondary N) is 2. The predicted molar refractivity (Wildman–Crippen MR) is 138 cm³/mol. The number of hydrogen-bond acceptors (Lipinski definition) is 8. The number of fused-ring (bicyclic) bond motifs is 2. The summed E-state index contributed by atoms with van der Waals surface area (Å²) in [5, 5.41) is 12.2. The molecule has 194 valence electrons. The smallest absolute Gasteiger partial charge is 0.271 e. The number of hydrogen-bond donors (Lipinski definition) is 2. The van der Waals surface area contributed by atoms with E-state index in [1.807, 2.05) is 25.2 Å². The third-order valence-electron chi connectivity index (χ3n) is 7.59. The lowest BCUT2D eigenvalue weighted by molar-refractivity contribution is -0.0592. The third-order valence-corrected chi connectivity index (χ3v) is 7.59. The monoisotopic (exact) mass is 505 g/mol. The molecule has 5 heterocycles. The second-order valence-corrected chi connectivity index (χ2v) is 9.53. The average Bonchev–Trinajstić information content (AvgIpc) is 3.53. The lowest BCUT2D eigenvalue weighted by Crippen LogP contribution is -2.51. The predicted octanol–water partition coefficient (Wildman–Crippen LogP) is 2.67. The van der Waals surface area contributed by atoms with Crippen LogP contribution in [0.3, 0.4) is 0 Å². The SMILES string of the molecule is CNc1cc(-c2cn([C@H]3CCOC[C@@H]3OC)c3ncccc23)nn2c(C(=O)N[C@H]3CC[C@@H]3OC)cnc12. The molecule has 37 heavy (non-hydrogen) atoms. The number of pyridine rings is 1. The first-order valence-electron chi connectivity index (χ1n) is 12.6. The van der Waals surface area contributed by atoms with Gasteiger partial charge in [-0.15, -0.1) is 0 Å². The summed E-state index contributed by atoms with van der Waals surface area (Å²) in [6, 6.07) is 6.01. The molecule has 11 nitrogen and oxygen atoms in total. The van der Waals surface area contributed by atoms with Crippen LogP contribution in [0.5, 0.6) is 0 Å². The normalized spacial score (nSPS) is 23.8. The second-order valence-electron chi connectivity index (χ2n) is 9.53. The van der Waals surface area contributed by atoms with Crippen molar-refractivity contribution in [3.05, 3.63) is 42.5 Å². The van der Waals surface area contributed by atoms with Crippen LogP contribution < -0.4 is 10.6 Å². The number of anilines is 1. The zero-order valence-corrected chi connectivity index (χ0v) is 21.2. The topological polar surface area (TPSA) is 117 Å². The standard InChI is InChI=1S/C26H31N7O4/c1-27-19-11-18(31-33-21(12-29-25(19)33)26(34)30-17-6-7-22(17)35-2)16-13-32(24-15(16)5-4-9-28-24)20-8-10-37-14-23(20)36-3/h4-5,9,11-13,17,20,22-23,27H,6-8,10,14H2,1-3H3,(H,30,34)/t17-,20-,22-,23-/m0/s1. The molecule has 0 unspecified atom stereocenters. The molecule has 1 aliphatic carbocycles. The van der Waals surface area contributed by atoms with E-state index in [9.17, 15) is 4.79 Å². The molecule has 0 radical (unpaired) electrons. The molecule has 2 aliphatic rings. The molecule has 1 saturated carbocycles. The molecule has 1 aliphatic heterocycles. The summed E-state index contributed by atoms with van der Waals surface area (Å²) in [4.78, 5) is 22.4. The molecule has 0 bridgehead atoms. The highest BCUT2D eigenvalue weighted by molar-refractivity contribution is 5.96. The Hall–Kier alpha value is -3.54. The molecule has 1 saturated heterocycles. The van der Waals surface area contributed by atoms with Crippen LogP contribution in [-0.2, 0) is 14.2 Å². The van der Waals surface area contributed by atoms with Crippen LogP contribution in [0.25, 0.3) is 27.9 Å². The summed E-state index contributed by atoms with van der Waals surface area (Å²) < 4.78 is 20.6. The number of imidazole rings is 1. The van der Waals surface area contributed by atoms with Gasteiger partial charge >= 0.3 is 0 Å². The number of ether oxygens (including phenoxy) is 3. The van der Waals surface area contributed by atoms with Gasteiger partial charge in [0.2, 0.25) is 0 Å². The minimum absolute atomic E-state index is 0.00717. The van der Waals surface area contributed by atoms with Crippen LogP contribution in [0.15, 0.2) is 36.8 Å². The van der Waals surface area contributed by atoms with Gasteiger partial charge in [-0.2, -0.15) is 5.10 Å². The van der Waals surface area contributed by atoms with Crippen LogP contribution in [0, 0.1) is 0 Å². The van der Waals surface area contributed by atoms with Crippen molar-refractivity contribution in [1.29, 1.82) is 0 Å². The van der Waals surface area contributed by atoms with Gasteiger partial charge in [0.1, 0.15) is 11.8 Å². The van der Waals surface area contributed by atoms with Crippen molar-refractivity contribution < 1.29 is 19.0 Å². The molecule has 6 rings (SSSR count). The van der Waals surface area contributed by atoms with E-state index in [2.05, 4.69) is 26.4 Å². The molecule has 0 aromatic carbocycles. The van der Waals surface area contributed by atoms with E-state index in [4.69, 9.17) is 24.3 Å². The first-order valence-corrected chi connectivity index (χ1v) is 12.6. The van der Waals surface area contributed by atoms with E-state index < -0.39 is 0 Å². The van der Waals surface area contributed by atoms with Gasteiger partial charge in [0, 0.05) is 51.2 Å². The Morgan fingerprint density at radius 3 is 2.76 bits per heavy atom. The summed E-state index contributed by atoms with van der Waals surface area (Å²) in [5.41, 5.74) is 4.22. The first kappa shape index (κ1) is 23.8. The van der Waals surface area contributed by atoms with E-state index in [0.29, 0.717) is 30.2 Å². The van der Waals surface area contributed by atoms with Gasteiger partial charge in [-0.1, -0.05) is 0 Å². The molecular formula is C26H31N7O4. The molecule has 11 heteroatoms. The minimum Gasteiger partial charge on any atom is -0.385 e. The maximum Gasteiger partial charge on any atom is 0.271 e. The fraction of sp³-hybridized carbons (Fsp3) is 0.462. The zero-order chi connectivity index (χ0) is 25.5. The van der Waals surface area contributed by atoms with Crippen molar-refractivity contribution in [1.82, 2.24) is 29.5 Å². The van der Waals surface area contributed by atoms with Gasteiger partial charge < -0.3 is 29.4 Å². The molecule has 2 fully saturated rings. The van der Waals surface area contributed by atoms with Crippen LogP contribution >= 0.6 is 0 Å². The van der Waals surface area contributed by atoms with Crippen molar-refractivity contribution in [2.45, 2.75) is 43.6 Å². The van der Waals surface area contributed by atoms with Gasteiger partial charge in [0.05, 0.1) is 42.4 Å². The molecule has 2 N–H and O–H groups in total. The van der Waals surface area contributed by atoms with E-state index in [1.54, 1.807) is 31.1 Å². The van der Waals surface area contributed by atoms with Crippen LogP contribution in [0.2, 0.25) is 0 Å². The van der Waals surface area contributed by atoms with E-state index >= 15 is 0 Å². The molecule has 1 amide bonds. The number of methoxy groups -OCH3 is 2. The van der Waals surface area contributed by atoms with E-state index in [1.165, 1.54) is 0 Å². The minimum atomic E-state index is -0.222. The number of carbonyl (C=O) groups is 1. The lowest BCUT2D eigenvalue weighted by Gasteiger charge is -2.35. The average molecular weight is 506 g/mol. The van der Waals surface area contributed by atoms with Gasteiger partial charge in [-0.3, -0.25) is 4.79 Å². The Balaban J connectivity index is 1.45. The summed E-state index contributed by atoms with van der Waals surface area (Å²) in [6.45, 7) is 1.20. The quantitative estimate of drug-likeness (QED) is 0.394. The van der Waals surface area contributed by atoms with Crippen LogP contribution in [0.1, 0.15) is 35.8 Å². The van der Waals surface area contributed by atoms with Crippen LogP contribution in [0.4, 0.5) is 5.69 Å². The van der Waals surface area contributed by atoms with Crippen molar-refractivity contribution in [2.24, 2.45) is 0 Å². The van der Waals surface area contributed by atoms with Gasteiger partial charge in [0.25, 0.3) is 5.91 Å². The number of carbonyl (C=O) groups excluding carboxylic acids is 1.